The minimum absolute atomic E-state index is 0. The maximum Gasteiger partial charge on any atom is 0.193 e. The standard InChI is InChI=1S/C19H36N4.HI/c1-17(15-22-11-6-3-7-12-22)14-21-18(20-2)23-13-10-19(16-23)8-4-5-9-19;/h17H,3-16H2,1-2H3,(H,20,21);1H. The van der Waals surface area contributed by atoms with E-state index in [1.54, 1.807) is 0 Å². The molecule has 1 saturated carbocycles. The SMILES string of the molecule is CN=C(NCC(C)CN1CCCCC1)N1CCC2(CCCC2)C1.I. The molecule has 1 spiro atoms. The van der Waals surface area contributed by atoms with E-state index in [0.29, 0.717) is 11.3 Å². The van der Waals surface area contributed by atoms with Crippen LogP contribution in [0, 0.1) is 11.3 Å². The first-order valence-corrected chi connectivity index (χ1v) is 9.89. The van der Waals surface area contributed by atoms with Gasteiger partial charge in [-0.2, -0.15) is 0 Å². The summed E-state index contributed by atoms with van der Waals surface area (Å²) in [6, 6.07) is 0. The summed E-state index contributed by atoms with van der Waals surface area (Å²) in [5.41, 5.74) is 0.622. The predicted molar refractivity (Wildman–Crippen MR) is 113 cm³/mol. The highest BCUT2D eigenvalue weighted by Gasteiger charge is 2.41. The third-order valence-electron chi connectivity index (χ3n) is 6.24. The summed E-state index contributed by atoms with van der Waals surface area (Å²) in [5.74, 6) is 1.83. The van der Waals surface area contributed by atoms with E-state index in [2.05, 4.69) is 27.0 Å². The maximum absolute atomic E-state index is 4.56. The zero-order valence-electron chi connectivity index (χ0n) is 15.7. The summed E-state index contributed by atoms with van der Waals surface area (Å²) in [5, 5.41) is 3.66. The number of likely N-dealkylation sites (tertiary alicyclic amines) is 2. The predicted octanol–water partition coefficient (Wildman–Crippen LogP) is 3.57. The number of hydrogen-bond acceptors (Lipinski definition) is 2. The van der Waals surface area contributed by atoms with Crippen molar-refractivity contribution in [3.63, 3.8) is 0 Å². The monoisotopic (exact) mass is 448 g/mol. The molecule has 0 aromatic carbocycles. The zero-order chi connectivity index (χ0) is 16.1. The second-order valence-electron chi connectivity index (χ2n) is 8.27. The van der Waals surface area contributed by atoms with Crippen molar-refractivity contribution in [2.75, 3.05) is 46.3 Å². The maximum atomic E-state index is 4.56. The molecule has 0 radical (unpaired) electrons. The molecule has 3 aliphatic rings. The lowest BCUT2D eigenvalue weighted by atomic mass is 9.86. The van der Waals surface area contributed by atoms with Gasteiger partial charge in [-0.15, -0.1) is 24.0 Å². The van der Waals surface area contributed by atoms with E-state index in [9.17, 15) is 0 Å². The smallest absolute Gasteiger partial charge is 0.193 e. The second-order valence-corrected chi connectivity index (χ2v) is 8.27. The van der Waals surface area contributed by atoms with E-state index in [0.717, 1.165) is 12.5 Å². The summed E-state index contributed by atoms with van der Waals surface area (Å²) >= 11 is 0. The number of piperidine rings is 1. The van der Waals surface area contributed by atoms with Crippen molar-refractivity contribution < 1.29 is 0 Å². The fourth-order valence-electron chi connectivity index (χ4n) is 4.89. The van der Waals surface area contributed by atoms with Crippen LogP contribution < -0.4 is 5.32 Å². The van der Waals surface area contributed by atoms with E-state index in [1.165, 1.54) is 84.1 Å². The molecule has 1 unspecified atom stereocenters. The summed E-state index contributed by atoms with van der Waals surface area (Å²) in [6.45, 7) is 9.67. The van der Waals surface area contributed by atoms with Crippen LogP contribution in [-0.4, -0.2) is 62.1 Å². The fraction of sp³-hybridized carbons (Fsp3) is 0.947. The molecule has 2 heterocycles. The van der Waals surface area contributed by atoms with Crippen LogP contribution in [0.5, 0.6) is 0 Å². The Bertz CT molecular complexity index is 400. The minimum Gasteiger partial charge on any atom is -0.356 e. The molecule has 3 fully saturated rings. The first-order chi connectivity index (χ1) is 11.2. The molecule has 0 amide bonds. The van der Waals surface area contributed by atoms with Gasteiger partial charge in [0, 0.05) is 33.2 Å². The van der Waals surface area contributed by atoms with Gasteiger partial charge in [0.2, 0.25) is 0 Å². The van der Waals surface area contributed by atoms with Crippen LogP contribution in [-0.2, 0) is 0 Å². The van der Waals surface area contributed by atoms with Gasteiger partial charge in [0.1, 0.15) is 0 Å². The van der Waals surface area contributed by atoms with Gasteiger partial charge < -0.3 is 15.1 Å². The van der Waals surface area contributed by atoms with Gasteiger partial charge in [-0.25, -0.2) is 0 Å². The lowest BCUT2D eigenvalue weighted by Crippen LogP contribution is -2.44. The van der Waals surface area contributed by atoms with E-state index in [4.69, 9.17) is 0 Å². The molecule has 1 aliphatic carbocycles. The Hall–Kier alpha value is -0.0400. The first kappa shape index (κ1) is 20.3. The van der Waals surface area contributed by atoms with Crippen LogP contribution in [0.1, 0.15) is 58.3 Å². The average molecular weight is 448 g/mol. The van der Waals surface area contributed by atoms with Gasteiger partial charge in [-0.1, -0.05) is 26.2 Å². The van der Waals surface area contributed by atoms with E-state index >= 15 is 0 Å². The molecule has 3 rings (SSSR count). The fourth-order valence-corrected chi connectivity index (χ4v) is 4.89. The van der Waals surface area contributed by atoms with Crippen molar-refractivity contribution in [3.05, 3.63) is 0 Å². The number of hydrogen-bond donors (Lipinski definition) is 1. The number of aliphatic imine (C=N–C) groups is 1. The molecule has 2 saturated heterocycles. The third-order valence-corrected chi connectivity index (χ3v) is 6.24. The minimum atomic E-state index is 0. The van der Waals surface area contributed by atoms with Gasteiger partial charge in [-0.05, 0) is 56.5 Å². The number of halogens is 1. The Labute approximate surface area is 165 Å². The Morgan fingerprint density at radius 2 is 1.75 bits per heavy atom. The van der Waals surface area contributed by atoms with E-state index in [1.807, 2.05) is 7.05 Å². The lowest BCUT2D eigenvalue weighted by molar-refractivity contribution is 0.200. The molecular weight excluding hydrogens is 411 g/mol. The van der Waals surface area contributed by atoms with Crippen molar-refractivity contribution in [1.82, 2.24) is 15.1 Å². The molecule has 0 aromatic rings. The summed E-state index contributed by atoms with van der Waals surface area (Å²) in [7, 11) is 1.94. The summed E-state index contributed by atoms with van der Waals surface area (Å²) in [6.07, 6.45) is 11.3. The molecule has 5 heteroatoms. The largest absolute Gasteiger partial charge is 0.356 e. The van der Waals surface area contributed by atoms with Gasteiger partial charge >= 0.3 is 0 Å². The van der Waals surface area contributed by atoms with Gasteiger partial charge in [0.05, 0.1) is 0 Å². The molecule has 1 N–H and O–H groups in total. The van der Waals surface area contributed by atoms with E-state index in [-0.39, 0.29) is 24.0 Å². The van der Waals surface area contributed by atoms with Gasteiger partial charge in [0.15, 0.2) is 5.96 Å². The normalized spacial score (nSPS) is 25.8. The number of guanidine groups is 1. The molecule has 0 bridgehead atoms. The average Bonchev–Trinajstić information content (AvgIpc) is 3.20. The highest BCUT2D eigenvalue weighted by atomic mass is 127. The van der Waals surface area contributed by atoms with Crippen molar-refractivity contribution >= 4 is 29.9 Å². The van der Waals surface area contributed by atoms with Crippen LogP contribution in [0.2, 0.25) is 0 Å². The van der Waals surface area contributed by atoms with Crippen molar-refractivity contribution in [2.24, 2.45) is 16.3 Å². The molecule has 24 heavy (non-hydrogen) atoms. The molecule has 140 valence electrons. The Morgan fingerprint density at radius 1 is 1.04 bits per heavy atom. The number of nitrogens with zero attached hydrogens (tertiary/aromatic N) is 3. The topological polar surface area (TPSA) is 30.9 Å². The molecule has 0 aromatic heterocycles. The lowest BCUT2D eigenvalue weighted by Gasteiger charge is -2.30. The second kappa shape index (κ2) is 9.60. The molecule has 4 nitrogen and oxygen atoms in total. The van der Waals surface area contributed by atoms with Crippen LogP contribution in [0.4, 0.5) is 0 Å². The number of nitrogens with one attached hydrogen (secondary N) is 1. The molecule has 1 atom stereocenters. The summed E-state index contributed by atoms with van der Waals surface area (Å²) in [4.78, 5) is 9.71. The Kier molecular flexibility index (Phi) is 8.11. The van der Waals surface area contributed by atoms with Crippen LogP contribution in [0.15, 0.2) is 4.99 Å². The zero-order valence-corrected chi connectivity index (χ0v) is 18.1. The Morgan fingerprint density at radius 3 is 2.42 bits per heavy atom. The first-order valence-electron chi connectivity index (χ1n) is 9.89. The quantitative estimate of drug-likeness (QED) is 0.405. The van der Waals surface area contributed by atoms with Crippen LogP contribution in [0.3, 0.4) is 0 Å². The molecule has 2 aliphatic heterocycles. The van der Waals surface area contributed by atoms with Gasteiger partial charge in [0.25, 0.3) is 0 Å². The van der Waals surface area contributed by atoms with Crippen molar-refractivity contribution in [1.29, 1.82) is 0 Å². The number of rotatable bonds is 4. The third kappa shape index (κ3) is 5.23. The van der Waals surface area contributed by atoms with Crippen LogP contribution >= 0.6 is 24.0 Å². The molecular formula is C19H37IN4. The van der Waals surface area contributed by atoms with Crippen molar-refractivity contribution in [2.45, 2.75) is 58.3 Å². The Balaban J connectivity index is 0.00000208. The van der Waals surface area contributed by atoms with Crippen LogP contribution in [0.25, 0.3) is 0 Å². The highest BCUT2D eigenvalue weighted by molar-refractivity contribution is 14.0. The van der Waals surface area contributed by atoms with Crippen molar-refractivity contribution in [3.8, 4) is 0 Å². The van der Waals surface area contributed by atoms with Gasteiger partial charge in [-0.3, -0.25) is 4.99 Å². The summed E-state index contributed by atoms with van der Waals surface area (Å²) < 4.78 is 0. The van der Waals surface area contributed by atoms with E-state index < -0.39 is 0 Å². The highest BCUT2D eigenvalue weighted by Crippen LogP contribution is 2.45.